The van der Waals surface area contributed by atoms with Crippen molar-refractivity contribution in [2.24, 2.45) is 5.73 Å². The highest BCUT2D eigenvalue weighted by molar-refractivity contribution is 7.99. The van der Waals surface area contributed by atoms with Gasteiger partial charge >= 0.3 is 0 Å². The number of nitrogens with zero attached hydrogens (tertiary/aromatic N) is 1. The van der Waals surface area contributed by atoms with Crippen molar-refractivity contribution in [3.63, 3.8) is 0 Å². The number of nitrogens with two attached hydrogens (primary N) is 1. The molecule has 0 saturated carbocycles. The van der Waals surface area contributed by atoms with Crippen LogP contribution in [0.3, 0.4) is 0 Å². The number of aromatic nitrogens is 1. The number of pyridine rings is 1. The quantitative estimate of drug-likeness (QED) is 0.754. The molecule has 0 radical (unpaired) electrons. The molecule has 4 heteroatoms. The SMILES string of the molecule is CC(CCO)Sc1ncccc1[C@H](C)N. The monoisotopic (exact) mass is 226 g/mol. The summed E-state index contributed by atoms with van der Waals surface area (Å²) in [7, 11) is 0. The zero-order chi connectivity index (χ0) is 11.3. The van der Waals surface area contributed by atoms with Crippen molar-refractivity contribution in [3.8, 4) is 0 Å². The minimum absolute atomic E-state index is 0.00234. The Kier molecular flexibility index (Phi) is 5.08. The molecule has 0 aromatic carbocycles. The van der Waals surface area contributed by atoms with Gasteiger partial charge in [-0.2, -0.15) is 0 Å². The fraction of sp³-hybridized carbons (Fsp3) is 0.545. The first kappa shape index (κ1) is 12.5. The van der Waals surface area contributed by atoms with Gasteiger partial charge in [-0.05, 0) is 19.4 Å². The summed E-state index contributed by atoms with van der Waals surface area (Å²) in [5.41, 5.74) is 6.94. The first-order valence-electron chi connectivity index (χ1n) is 5.13. The number of hydrogen-bond donors (Lipinski definition) is 2. The van der Waals surface area contributed by atoms with Gasteiger partial charge in [-0.3, -0.25) is 0 Å². The van der Waals surface area contributed by atoms with Gasteiger partial charge < -0.3 is 10.8 Å². The third kappa shape index (κ3) is 3.81. The Morgan fingerprint density at radius 3 is 2.87 bits per heavy atom. The maximum atomic E-state index is 8.83. The van der Waals surface area contributed by atoms with Crippen LogP contribution >= 0.6 is 11.8 Å². The van der Waals surface area contributed by atoms with E-state index in [1.807, 2.05) is 19.1 Å². The van der Waals surface area contributed by atoms with E-state index >= 15 is 0 Å². The second-order valence-corrected chi connectivity index (χ2v) is 5.05. The summed E-state index contributed by atoms with van der Waals surface area (Å²) in [4.78, 5) is 4.32. The summed E-state index contributed by atoms with van der Waals surface area (Å²) >= 11 is 1.67. The number of hydrogen-bond acceptors (Lipinski definition) is 4. The molecule has 0 saturated heterocycles. The molecule has 1 rings (SSSR count). The third-order valence-corrected chi connectivity index (χ3v) is 3.34. The van der Waals surface area contributed by atoms with E-state index in [2.05, 4.69) is 11.9 Å². The van der Waals surface area contributed by atoms with Gasteiger partial charge in [-0.15, -0.1) is 11.8 Å². The molecular weight excluding hydrogens is 208 g/mol. The number of aliphatic hydroxyl groups excluding tert-OH is 1. The molecule has 1 heterocycles. The van der Waals surface area contributed by atoms with Crippen LogP contribution in [0.1, 0.15) is 31.9 Å². The second kappa shape index (κ2) is 6.10. The normalized spacial score (nSPS) is 14.9. The van der Waals surface area contributed by atoms with E-state index in [4.69, 9.17) is 10.8 Å². The molecule has 1 unspecified atom stereocenters. The second-order valence-electron chi connectivity index (χ2n) is 3.63. The molecule has 0 aliphatic rings. The predicted molar refractivity (Wildman–Crippen MR) is 63.9 cm³/mol. The van der Waals surface area contributed by atoms with Crippen molar-refractivity contribution in [1.82, 2.24) is 4.98 Å². The Hall–Kier alpha value is -0.580. The Labute approximate surface area is 95.1 Å². The molecule has 0 amide bonds. The number of thioether (sulfide) groups is 1. The number of aliphatic hydroxyl groups is 1. The lowest BCUT2D eigenvalue weighted by Crippen LogP contribution is -2.09. The van der Waals surface area contributed by atoms with E-state index in [-0.39, 0.29) is 12.6 Å². The third-order valence-electron chi connectivity index (χ3n) is 2.14. The van der Waals surface area contributed by atoms with Crippen LogP contribution in [0.15, 0.2) is 23.4 Å². The van der Waals surface area contributed by atoms with Crippen molar-refractivity contribution >= 4 is 11.8 Å². The smallest absolute Gasteiger partial charge is 0.101 e. The molecule has 0 fully saturated rings. The Morgan fingerprint density at radius 2 is 2.27 bits per heavy atom. The Morgan fingerprint density at radius 1 is 1.53 bits per heavy atom. The summed E-state index contributed by atoms with van der Waals surface area (Å²) in [6, 6.07) is 3.91. The van der Waals surface area contributed by atoms with Crippen molar-refractivity contribution in [2.45, 2.75) is 36.6 Å². The fourth-order valence-electron chi connectivity index (χ4n) is 1.28. The lowest BCUT2D eigenvalue weighted by Gasteiger charge is -2.14. The standard InChI is InChI=1S/C11H18N2OS/c1-8(5-7-14)15-11-10(9(2)12)4-3-6-13-11/h3-4,6,8-9,14H,5,7,12H2,1-2H3/t8?,9-/m0/s1. The number of rotatable bonds is 5. The predicted octanol–water partition coefficient (Wildman–Crippen LogP) is 1.96. The highest BCUT2D eigenvalue weighted by Crippen LogP contribution is 2.28. The Bertz CT molecular complexity index is 304. The van der Waals surface area contributed by atoms with Gasteiger partial charge in [-0.25, -0.2) is 4.98 Å². The average Bonchev–Trinajstić information content (AvgIpc) is 2.18. The first-order valence-corrected chi connectivity index (χ1v) is 6.01. The zero-order valence-electron chi connectivity index (χ0n) is 9.18. The van der Waals surface area contributed by atoms with Crippen molar-refractivity contribution in [1.29, 1.82) is 0 Å². The lowest BCUT2D eigenvalue weighted by atomic mass is 10.2. The van der Waals surface area contributed by atoms with E-state index in [9.17, 15) is 0 Å². The van der Waals surface area contributed by atoms with Gasteiger partial charge in [0.2, 0.25) is 0 Å². The van der Waals surface area contributed by atoms with Gasteiger partial charge in [0.1, 0.15) is 5.03 Å². The molecule has 3 N–H and O–H groups in total. The molecule has 0 bridgehead atoms. The highest BCUT2D eigenvalue weighted by Gasteiger charge is 2.11. The van der Waals surface area contributed by atoms with Crippen molar-refractivity contribution < 1.29 is 5.11 Å². The van der Waals surface area contributed by atoms with Gasteiger partial charge in [0, 0.05) is 29.7 Å². The summed E-state index contributed by atoms with van der Waals surface area (Å²) in [5, 5.41) is 10.2. The van der Waals surface area contributed by atoms with E-state index in [1.165, 1.54) is 0 Å². The molecule has 0 spiro atoms. The molecule has 1 aromatic heterocycles. The molecule has 3 nitrogen and oxygen atoms in total. The minimum Gasteiger partial charge on any atom is -0.396 e. The van der Waals surface area contributed by atoms with Crippen LogP contribution in [0.5, 0.6) is 0 Å². The van der Waals surface area contributed by atoms with Crippen LogP contribution < -0.4 is 5.73 Å². The molecule has 0 aliphatic carbocycles. The van der Waals surface area contributed by atoms with Crippen LogP contribution in [-0.4, -0.2) is 21.9 Å². The Balaban J connectivity index is 2.75. The van der Waals surface area contributed by atoms with Crippen LogP contribution in [0.4, 0.5) is 0 Å². The summed E-state index contributed by atoms with van der Waals surface area (Å²) in [5.74, 6) is 0. The zero-order valence-corrected chi connectivity index (χ0v) is 10.00. The maximum absolute atomic E-state index is 8.83. The van der Waals surface area contributed by atoms with Crippen LogP contribution in [0.2, 0.25) is 0 Å². The first-order chi connectivity index (χ1) is 7.15. The molecule has 0 aliphatic heterocycles. The molecule has 15 heavy (non-hydrogen) atoms. The summed E-state index contributed by atoms with van der Waals surface area (Å²) < 4.78 is 0. The van der Waals surface area contributed by atoms with Gasteiger partial charge in [-0.1, -0.05) is 13.0 Å². The van der Waals surface area contributed by atoms with Crippen LogP contribution in [-0.2, 0) is 0 Å². The average molecular weight is 226 g/mol. The molecular formula is C11H18N2OS. The molecule has 84 valence electrons. The minimum atomic E-state index is 0.00234. The molecule has 1 aromatic rings. The van der Waals surface area contributed by atoms with Gasteiger partial charge in [0.15, 0.2) is 0 Å². The molecule has 2 atom stereocenters. The summed E-state index contributed by atoms with van der Waals surface area (Å²) in [6.07, 6.45) is 2.56. The van der Waals surface area contributed by atoms with Crippen molar-refractivity contribution in [3.05, 3.63) is 23.9 Å². The lowest BCUT2D eigenvalue weighted by molar-refractivity contribution is 0.289. The van der Waals surface area contributed by atoms with Crippen LogP contribution in [0, 0.1) is 0 Å². The largest absolute Gasteiger partial charge is 0.396 e. The highest BCUT2D eigenvalue weighted by atomic mass is 32.2. The fourth-order valence-corrected chi connectivity index (χ4v) is 2.40. The summed E-state index contributed by atoms with van der Waals surface area (Å²) in [6.45, 7) is 4.26. The van der Waals surface area contributed by atoms with E-state index in [0.29, 0.717) is 5.25 Å². The van der Waals surface area contributed by atoms with E-state index in [1.54, 1.807) is 18.0 Å². The van der Waals surface area contributed by atoms with Gasteiger partial charge in [0.05, 0.1) is 0 Å². The van der Waals surface area contributed by atoms with E-state index < -0.39 is 0 Å². The van der Waals surface area contributed by atoms with Crippen LogP contribution in [0.25, 0.3) is 0 Å². The topological polar surface area (TPSA) is 59.1 Å². The van der Waals surface area contributed by atoms with Gasteiger partial charge in [0.25, 0.3) is 0 Å². The van der Waals surface area contributed by atoms with E-state index in [0.717, 1.165) is 17.0 Å². The van der Waals surface area contributed by atoms with Crippen molar-refractivity contribution in [2.75, 3.05) is 6.61 Å². The maximum Gasteiger partial charge on any atom is 0.101 e.